The first-order valence-corrected chi connectivity index (χ1v) is 10.9. The van der Waals surface area contributed by atoms with Crippen molar-refractivity contribution in [2.24, 2.45) is 0 Å². The summed E-state index contributed by atoms with van der Waals surface area (Å²) in [5.74, 6) is 1.01. The summed E-state index contributed by atoms with van der Waals surface area (Å²) in [4.78, 5) is 14.6. The average Bonchev–Trinajstić information content (AvgIpc) is 3.50. The van der Waals surface area contributed by atoms with Crippen molar-refractivity contribution in [3.63, 3.8) is 0 Å². The van der Waals surface area contributed by atoms with Crippen molar-refractivity contribution < 1.29 is 9.53 Å². The topological polar surface area (TPSA) is 96.1 Å². The molecule has 1 aromatic carbocycles. The van der Waals surface area contributed by atoms with E-state index < -0.39 is 0 Å². The molecule has 0 unspecified atom stereocenters. The normalized spacial score (nSPS) is 18.7. The third-order valence-corrected chi connectivity index (χ3v) is 6.09. The van der Waals surface area contributed by atoms with Gasteiger partial charge in [-0.15, -0.1) is 10.2 Å². The van der Waals surface area contributed by atoms with Gasteiger partial charge in [0.25, 0.3) is 0 Å². The van der Waals surface area contributed by atoms with Crippen LogP contribution in [0.1, 0.15) is 31.2 Å². The summed E-state index contributed by atoms with van der Waals surface area (Å²) in [6, 6.07) is 8.89. The first kappa shape index (κ1) is 19.7. The minimum absolute atomic E-state index is 0.117. The van der Waals surface area contributed by atoms with Gasteiger partial charge in [-0.2, -0.15) is 5.26 Å². The fourth-order valence-corrected chi connectivity index (χ4v) is 4.39. The number of nitrogens with zero attached hydrogens (tertiary/aromatic N) is 5. The molecule has 2 aromatic rings. The Bertz CT molecular complexity index is 879. The first-order chi connectivity index (χ1) is 14.2. The fourth-order valence-electron chi connectivity index (χ4n) is 3.65. The van der Waals surface area contributed by atoms with Crippen LogP contribution >= 0.6 is 11.8 Å². The number of ether oxygens (including phenoxy) is 1. The number of carbonyl (C=O) groups is 1. The lowest BCUT2D eigenvalue weighted by molar-refractivity contribution is -0.113. The van der Waals surface area contributed by atoms with E-state index in [9.17, 15) is 4.79 Å². The van der Waals surface area contributed by atoms with E-state index in [2.05, 4.69) is 31.1 Å². The third-order valence-electron chi connectivity index (χ3n) is 5.13. The van der Waals surface area contributed by atoms with E-state index >= 15 is 0 Å². The first-order valence-electron chi connectivity index (χ1n) is 9.95. The molecular formula is C20H24N6O2S. The maximum absolute atomic E-state index is 12.4. The molecule has 29 heavy (non-hydrogen) atoms. The standard InChI is InChI=1S/C20H24N6O2S/c21-12-15-5-7-16(8-6-15)22-18(27)14-29-20-24-23-19(25-9-1-2-10-25)26(20)13-17-4-3-11-28-17/h5-8,17H,1-4,9-11,13-14H2,(H,22,27)/t17-/m0/s1. The molecule has 1 N–H and O–H groups in total. The van der Waals surface area contributed by atoms with Gasteiger partial charge in [-0.05, 0) is 49.9 Å². The van der Waals surface area contributed by atoms with Gasteiger partial charge >= 0.3 is 0 Å². The van der Waals surface area contributed by atoms with Gasteiger partial charge in [-0.25, -0.2) is 0 Å². The lowest BCUT2D eigenvalue weighted by Crippen LogP contribution is -2.25. The number of thioether (sulfide) groups is 1. The van der Waals surface area contributed by atoms with E-state index in [0.29, 0.717) is 11.3 Å². The number of rotatable bonds is 7. The molecule has 2 aliphatic heterocycles. The zero-order valence-corrected chi connectivity index (χ0v) is 17.0. The van der Waals surface area contributed by atoms with Crippen LogP contribution in [0.2, 0.25) is 0 Å². The van der Waals surface area contributed by atoms with E-state index in [1.54, 1.807) is 24.3 Å². The zero-order valence-electron chi connectivity index (χ0n) is 16.2. The Kier molecular flexibility index (Phi) is 6.32. The highest BCUT2D eigenvalue weighted by atomic mass is 32.2. The summed E-state index contributed by atoms with van der Waals surface area (Å²) in [7, 11) is 0. The second kappa shape index (κ2) is 9.29. The van der Waals surface area contributed by atoms with Crippen molar-refractivity contribution in [2.75, 3.05) is 35.7 Å². The van der Waals surface area contributed by atoms with Crippen LogP contribution in [-0.2, 0) is 16.1 Å². The summed E-state index contributed by atoms with van der Waals surface area (Å²) in [5, 5.41) is 21.3. The monoisotopic (exact) mass is 412 g/mol. The molecule has 0 radical (unpaired) electrons. The van der Waals surface area contributed by atoms with Gasteiger partial charge in [0.05, 0.1) is 30.0 Å². The van der Waals surface area contributed by atoms with Crippen LogP contribution in [0.15, 0.2) is 29.4 Å². The highest BCUT2D eigenvalue weighted by molar-refractivity contribution is 7.99. The number of amides is 1. The second-order valence-corrected chi connectivity index (χ2v) is 8.19. The molecule has 2 fully saturated rings. The SMILES string of the molecule is N#Cc1ccc(NC(=O)CSc2nnc(N3CCCC3)n2C[C@@H]2CCCO2)cc1. The Morgan fingerprint density at radius 1 is 1.24 bits per heavy atom. The molecule has 4 rings (SSSR count). The number of hydrogen-bond acceptors (Lipinski definition) is 7. The summed E-state index contributed by atoms with van der Waals surface area (Å²) in [5.41, 5.74) is 1.24. The summed E-state index contributed by atoms with van der Waals surface area (Å²) >= 11 is 1.39. The molecule has 9 heteroatoms. The van der Waals surface area contributed by atoms with E-state index in [1.165, 1.54) is 24.6 Å². The molecule has 1 atom stereocenters. The van der Waals surface area contributed by atoms with Crippen molar-refractivity contribution in [1.29, 1.82) is 5.26 Å². The predicted octanol–water partition coefficient (Wildman–Crippen LogP) is 2.66. The van der Waals surface area contributed by atoms with Gasteiger partial charge < -0.3 is 15.0 Å². The van der Waals surface area contributed by atoms with Gasteiger partial charge in [0.15, 0.2) is 5.16 Å². The highest BCUT2D eigenvalue weighted by Crippen LogP contribution is 2.27. The molecule has 2 aliphatic rings. The number of hydrogen-bond donors (Lipinski definition) is 1. The van der Waals surface area contributed by atoms with Crippen molar-refractivity contribution in [3.8, 4) is 6.07 Å². The van der Waals surface area contributed by atoms with E-state index in [-0.39, 0.29) is 17.8 Å². The van der Waals surface area contributed by atoms with Crippen LogP contribution in [0.25, 0.3) is 0 Å². The van der Waals surface area contributed by atoms with Gasteiger partial charge in [0.1, 0.15) is 0 Å². The zero-order chi connectivity index (χ0) is 20.1. The van der Waals surface area contributed by atoms with Crippen molar-refractivity contribution >= 4 is 29.3 Å². The van der Waals surface area contributed by atoms with Crippen molar-refractivity contribution in [3.05, 3.63) is 29.8 Å². The smallest absolute Gasteiger partial charge is 0.234 e. The van der Waals surface area contributed by atoms with Crippen LogP contribution in [0.5, 0.6) is 0 Å². The van der Waals surface area contributed by atoms with Crippen LogP contribution in [0, 0.1) is 11.3 Å². The summed E-state index contributed by atoms with van der Waals surface area (Å²) < 4.78 is 7.93. The molecule has 1 amide bonds. The average molecular weight is 413 g/mol. The molecule has 0 bridgehead atoms. The lowest BCUT2D eigenvalue weighted by Gasteiger charge is -2.20. The van der Waals surface area contributed by atoms with E-state index in [1.807, 2.05) is 0 Å². The Morgan fingerprint density at radius 3 is 2.72 bits per heavy atom. The number of nitriles is 1. The molecule has 0 saturated carbocycles. The number of carbonyl (C=O) groups excluding carboxylic acids is 1. The highest BCUT2D eigenvalue weighted by Gasteiger charge is 2.25. The molecule has 1 aromatic heterocycles. The molecule has 0 aliphatic carbocycles. The van der Waals surface area contributed by atoms with Gasteiger partial charge in [-0.3, -0.25) is 9.36 Å². The van der Waals surface area contributed by atoms with Crippen molar-refractivity contribution in [1.82, 2.24) is 14.8 Å². The van der Waals surface area contributed by atoms with Crippen LogP contribution in [0.3, 0.4) is 0 Å². The minimum Gasteiger partial charge on any atom is -0.376 e. The van der Waals surface area contributed by atoms with E-state index in [4.69, 9.17) is 10.00 Å². The Morgan fingerprint density at radius 2 is 2.03 bits per heavy atom. The minimum atomic E-state index is -0.117. The lowest BCUT2D eigenvalue weighted by atomic mass is 10.2. The number of nitrogens with one attached hydrogen (secondary N) is 1. The quantitative estimate of drug-likeness (QED) is 0.699. The van der Waals surface area contributed by atoms with Crippen molar-refractivity contribution in [2.45, 2.75) is 43.5 Å². The molecule has 8 nitrogen and oxygen atoms in total. The number of anilines is 2. The largest absolute Gasteiger partial charge is 0.376 e. The number of benzene rings is 1. The summed E-state index contributed by atoms with van der Waals surface area (Å²) in [6.07, 6.45) is 4.64. The maximum atomic E-state index is 12.4. The van der Waals surface area contributed by atoms with Crippen LogP contribution in [-0.4, -0.2) is 52.2 Å². The molecule has 2 saturated heterocycles. The van der Waals surface area contributed by atoms with Gasteiger partial charge in [-0.1, -0.05) is 11.8 Å². The van der Waals surface area contributed by atoms with E-state index in [0.717, 1.165) is 50.2 Å². The molecular weight excluding hydrogens is 388 g/mol. The van der Waals surface area contributed by atoms with Crippen LogP contribution < -0.4 is 10.2 Å². The molecule has 152 valence electrons. The predicted molar refractivity (Wildman–Crippen MR) is 111 cm³/mol. The van der Waals surface area contributed by atoms with Crippen LogP contribution in [0.4, 0.5) is 11.6 Å². The second-order valence-electron chi connectivity index (χ2n) is 7.25. The third kappa shape index (κ3) is 4.89. The molecule has 0 spiro atoms. The Labute approximate surface area is 174 Å². The Hall–Kier alpha value is -2.57. The Balaban J connectivity index is 1.41. The maximum Gasteiger partial charge on any atom is 0.234 e. The molecule has 3 heterocycles. The van der Waals surface area contributed by atoms with Gasteiger partial charge in [0, 0.05) is 25.4 Å². The van der Waals surface area contributed by atoms with Gasteiger partial charge in [0.2, 0.25) is 11.9 Å². The number of aromatic nitrogens is 3. The summed E-state index contributed by atoms with van der Waals surface area (Å²) in [6.45, 7) is 3.51. The fraction of sp³-hybridized carbons (Fsp3) is 0.500.